The van der Waals surface area contributed by atoms with Crippen molar-refractivity contribution in [3.63, 3.8) is 0 Å². The van der Waals surface area contributed by atoms with Crippen molar-refractivity contribution < 1.29 is 24.5 Å². The molecule has 0 aliphatic carbocycles. The predicted octanol–water partition coefficient (Wildman–Crippen LogP) is 4.67. The normalized spacial score (nSPS) is 16.0. The van der Waals surface area contributed by atoms with Crippen LogP contribution in [-0.4, -0.2) is 40.0 Å². The highest BCUT2D eigenvalue weighted by Crippen LogP contribution is 2.42. The molecule has 1 unspecified atom stereocenters. The van der Waals surface area contributed by atoms with Gasteiger partial charge in [0.1, 0.15) is 0 Å². The van der Waals surface area contributed by atoms with Crippen LogP contribution in [0.3, 0.4) is 0 Å². The second-order valence-corrected chi connectivity index (χ2v) is 8.31. The van der Waals surface area contributed by atoms with Crippen LogP contribution in [0, 0.1) is 0 Å². The molecule has 6 nitrogen and oxygen atoms in total. The molecule has 2 aromatic carbocycles. The highest BCUT2D eigenvalue weighted by atomic mass is 32.1. The van der Waals surface area contributed by atoms with Gasteiger partial charge in [-0.25, -0.2) is 0 Å². The molecule has 0 saturated heterocycles. The number of amides is 1. The van der Waals surface area contributed by atoms with Crippen molar-refractivity contribution in [1.82, 2.24) is 4.90 Å². The molecule has 1 aliphatic heterocycles. The monoisotopic (exact) mass is 449 g/mol. The van der Waals surface area contributed by atoms with E-state index in [1.807, 2.05) is 30.3 Å². The first-order valence-electron chi connectivity index (χ1n) is 10.3. The molecule has 1 atom stereocenters. The van der Waals surface area contributed by atoms with Gasteiger partial charge in [-0.15, -0.1) is 11.3 Å². The summed E-state index contributed by atoms with van der Waals surface area (Å²) >= 11 is 1.25. The van der Waals surface area contributed by atoms with E-state index in [9.17, 15) is 19.8 Å². The second-order valence-electron chi connectivity index (χ2n) is 7.37. The van der Waals surface area contributed by atoms with E-state index < -0.39 is 17.7 Å². The Morgan fingerprint density at radius 1 is 1.09 bits per heavy atom. The number of phenols is 1. The molecule has 0 radical (unpaired) electrons. The lowest BCUT2D eigenvalue weighted by atomic mass is 9.95. The van der Waals surface area contributed by atoms with Crippen LogP contribution in [0.2, 0.25) is 0 Å². The van der Waals surface area contributed by atoms with E-state index in [4.69, 9.17) is 4.74 Å². The number of aromatic hydroxyl groups is 1. The maximum atomic E-state index is 13.3. The molecule has 0 spiro atoms. The smallest absolute Gasteiger partial charge is 0.290 e. The number of ketones is 1. The van der Waals surface area contributed by atoms with Crippen molar-refractivity contribution in [3.8, 4) is 11.5 Å². The van der Waals surface area contributed by atoms with Crippen molar-refractivity contribution in [2.24, 2.45) is 0 Å². The van der Waals surface area contributed by atoms with Crippen LogP contribution < -0.4 is 4.74 Å². The number of Topliss-reactive ketones (excluding diaryl/α,β-unsaturated/α-hetero) is 1. The van der Waals surface area contributed by atoms with Gasteiger partial charge in [0.25, 0.3) is 5.91 Å². The molecule has 2 N–H and O–H groups in total. The van der Waals surface area contributed by atoms with Crippen molar-refractivity contribution in [2.75, 3.05) is 13.2 Å². The van der Waals surface area contributed by atoms with Crippen LogP contribution in [0.15, 0.2) is 77.4 Å². The topological polar surface area (TPSA) is 87.1 Å². The third-order valence-electron chi connectivity index (χ3n) is 5.38. The number of nitrogens with zero attached hydrogens (tertiary/aromatic N) is 1. The molecule has 1 aromatic heterocycles. The molecular weight excluding hydrogens is 426 g/mol. The lowest BCUT2D eigenvalue weighted by Crippen LogP contribution is -2.33. The van der Waals surface area contributed by atoms with Gasteiger partial charge in [0.2, 0.25) is 5.78 Å². The van der Waals surface area contributed by atoms with E-state index in [1.54, 1.807) is 36.6 Å². The number of ether oxygens (including phenoxy) is 1. The first-order chi connectivity index (χ1) is 15.5. The van der Waals surface area contributed by atoms with E-state index in [2.05, 4.69) is 0 Å². The fourth-order valence-electron chi connectivity index (χ4n) is 3.87. The number of carbonyl (C=O) groups is 2. The van der Waals surface area contributed by atoms with Gasteiger partial charge < -0.3 is 19.8 Å². The molecular formula is C25H23NO5S. The number of rotatable bonds is 8. The summed E-state index contributed by atoms with van der Waals surface area (Å²) in [6.07, 6.45) is 0.563. The minimum atomic E-state index is -0.791. The van der Waals surface area contributed by atoms with Gasteiger partial charge in [-0.1, -0.05) is 42.5 Å². The fourth-order valence-corrected chi connectivity index (χ4v) is 4.55. The van der Waals surface area contributed by atoms with Crippen molar-refractivity contribution in [1.29, 1.82) is 0 Å². The van der Waals surface area contributed by atoms with Gasteiger partial charge in [0, 0.05) is 6.54 Å². The molecule has 0 fully saturated rings. The van der Waals surface area contributed by atoms with Crippen molar-refractivity contribution >= 4 is 23.0 Å². The second kappa shape index (κ2) is 9.28. The Bertz CT molecular complexity index is 1150. The number of aliphatic hydroxyl groups is 1. The van der Waals surface area contributed by atoms with Gasteiger partial charge in [-0.3, -0.25) is 9.59 Å². The summed E-state index contributed by atoms with van der Waals surface area (Å²) < 4.78 is 5.51. The zero-order chi connectivity index (χ0) is 22.7. The summed E-state index contributed by atoms with van der Waals surface area (Å²) in [6, 6.07) is 17.1. The highest BCUT2D eigenvalue weighted by molar-refractivity contribution is 7.12. The Balaban J connectivity index is 1.75. The fraction of sp³-hybridized carbons (Fsp3) is 0.200. The van der Waals surface area contributed by atoms with Gasteiger partial charge >= 0.3 is 0 Å². The Labute approximate surface area is 190 Å². The number of aliphatic hydroxyl groups excluding tert-OH is 1. The van der Waals surface area contributed by atoms with E-state index in [0.29, 0.717) is 30.0 Å². The Kier molecular flexibility index (Phi) is 6.28. The van der Waals surface area contributed by atoms with Crippen molar-refractivity contribution in [2.45, 2.75) is 19.4 Å². The molecule has 7 heteroatoms. The van der Waals surface area contributed by atoms with Gasteiger partial charge in [-0.05, 0) is 48.1 Å². The van der Waals surface area contributed by atoms with E-state index in [0.717, 1.165) is 5.56 Å². The third-order valence-corrected chi connectivity index (χ3v) is 6.25. The average Bonchev–Trinajstić information content (AvgIpc) is 3.42. The van der Waals surface area contributed by atoms with Crippen LogP contribution in [0.25, 0.3) is 0 Å². The number of benzene rings is 2. The molecule has 0 saturated carbocycles. The summed E-state index contributed by atoms with van der Waals surface area (Å²) in [4.78, 5) is 28.3. The summed E-state index contributed by atoms with van der Waals surface area (Å²) in [5.41, 5.74) is 1.66. The molecule has 164 valence electrons. The Morgan fingerprint density at radius 3 is 2.56 bits per heavy atom. The van der Waals surface area contributed by atoms with Crippen LogP contribution in [0.1, 0.15) is 33.8 Å². The third kappa shape index (κ3) is 4.11. The lowest BCUT2D eigenvalue weighted by Gasteiger charge is -2.27. The summed E-state index contributed by atoms with van der Waals surface area (Å²) in [7, 11) is 0. The van der Waals surface area contributed by atoms with Crippen LogP contribution in [0.4, 0.5) is 0 Å². The van der Waals surface area contributed by atoms with Gasteiger partial charge in [0.15, 0.2) is 17.3 Å². The number of thiophene rings is 1. The maximum absolute atomic E-state index is 13.3. The first-order valence-corrected chi connectivity index (χ1v) is 11.2. The van der Waals surface area contributed by atoms with Crippen LogP contribution in [0.5, 0.6) is 11.5 Å². The van der Waals surface area contributed by atoms with Crippen LogP contribution in [-0.2, 0) is 11.2 Å². The Hall–Kier alpha value is -3.58. The van der Waals surface area contributed by atoms with E-state index in [1.165, 1.54) is 22.3 Å². The first kappa shape index (κ1) is 21.6. The summed E-state index contributed by atoms with van der Waals surface area (Å²) in [6.45, 7) is 2.46. The standard InChI is InChI=1S/C25H23NO5S/c1-2-31-19-15-17(10-11-18(19)27)22-21(23(28)20-9-6-14-32-20)24(29)25(30)26(22)13-12-16-7-4-3-5-8-16/h3-11,14-15,22,27,29H,2,12-13H2,1H3. The van der Waals surface area contributed by atoms with E-state index >= 15 is 0 Å². The average molecular weight is 450 g/mol. The number of hydrogen-bond donors (Lipinski definition) is 2. The summed E-state index contributed by atoms with van der Waals surface area (Å²) in [5.74, 6) is -1.28. The summed E-state index contributed by atoms with van der Waals surface area (Å²) in [5, 5.41) is 22.6. The lowest BCUT2D eigenvalue weighted by molar-refractivity contribution is -0.129. The van der Waals surface area contributed by atoms with E-state index in [-0.39, 0.29) is 22.9 Å². The molecule has 32 heavy (non-hydrogen) atoms. The maximum Gasteiger partial charge on any atom is 0.290 e. The zero-order valence-electron chi connectivity index (χ0n) is 17.5. The molecule has 1 amide bonds. The quantitative estimate of drug-likeness (QED) is 0.488. The zero-order valence-corrected chi connectivity index (χ0v) is 18.3. The molecule has 4 rings (SSSR count). The highest BCUT2D eigenvalue weighted by Gasteiger charge is 2.44. The molecule has 3 aromatic rings. The van der Waals surface area contributed by atoms with Crippen LogP contribution >= 0.6 is 11.3 Å². The number of carbonyl (C=O) groups excluding carboxylic acids is 2. The molecule has 2 heterocycles. The SMILES string of the molecule is CCOc1cc(C2C(C(=O)c3cccs3)=C(O)C(=O)N2CCc2ccccc2)ccc1O. The minimum Gasteiger partial charge on any atom is -0.504 e. The predicted molar refractivity (Wildman–Crippen MR) is 122 cm³/mol. The van der Waals surface area contributed by atoms with Gasteiger partial charge in [-0.2, -0.15) is 0 Å². The molecule has 1 aliphatic rings. The minimum absolute atomic E-state index is 0.0323. The Morgan fingerprint density at radius 2 is 1.88 bits per heavy atom. The van der Waals surface area contributed by atoms with Gasteiger partial charge in [0.05, 0.1) is 23.1 Å². The van der Waals surface area contributed by atoms with Crippen molar-refractivity contribution in [3.05, 3.63) is 93.4 Å². The number of hydrogen-bond acceptors (Lipinski definition) is 6. The number of phenolic OH excluding ortho intramolecular Hbond substituents is 1. The largest absolute Gasteiger partial charge is 0.504 e. The molecule has 0 bridgehead atoms.